The highest BCUT2D eigenvalue weighted by molar-refractivity contribution is 5.91. The van der Waals surface area contributed by atoms with Gasteiger partial charge in [0.2, 0.25) is 5.91 Å². The lowest BCUT2D eigenvalue weighted by atomic mass is 9.91. The van der Waals surface area contributed by atoms with Gasteiger partial charge in [-0.15, -0.1) is 0 Å². The van der Waals surface area contributed by atoms with Crippen LogP contribution in [-0.2, 0) is 10.2 Å². The van der Waals surface area contributed by atoms with E-state index >= 15 is 0 Å². The molecule has 1 aliphatic heterocycles. The molecular weight excluding hydrogens is 248 g/mol. The first-order chi connectivity index (χ1) is 9.65. The van der Waals surface area contributed by atoms with Gasteiger partial charge in [0.15, 0.2) is 0 Å². The Morgan fingerprint density at radius 1 is 1.30 bits per heavy atom. The summed E-state index contributed by atoms with van der Waals surface area (Å²) in [6.07, 6.45) is 2.01. The third-order valence-corrected chi connectivity index (χ3v) is 4.80. The Balaban J connectivity index is 1.85. The molecule has 1 atom stereocenters. The van der Waals surface area contributed by atoms with Gasteiger partial charge in [0.25, 0.3) is 0 Å². The van der Waals surface area contributed by atoms with Gasteiger partial charge in [-0.3, -0.25) is 4.79 Å². The standard InChI is InChI=1S/C17H24N2O/c1-13(2)15-12-18-10-11-19(15)16(20)17(8-9-17)14-6-4-3-5-7-14/h3-7,13,15,18H,8-12H2,1-2H3. The van der Waals surface area contributed by atoms with Gasteiger partial charge in [0.1, 0.15) is 0 Å². The molecule has 1 N–H and O–H groups in total. The van der Waals surface area contributed by atoms with Crippen LogP contribution in [0.3, 0.4) is 0 Å². The quantitative estimate of drug-likeness (QED) is 0.914. The summed E-state index contributed by atoms with van der Waals surface area (Å²) in [5.74, 6) is 0.849. The van der Waals surface area contributed by atoms with Gasteiger partial charge in [-0.05, 0) is 24.3 Å². The lowest BCUT2D eigenvalue weighted by Crippen LogP contribution is -2.58. The normalized spacial score (nSPS) is 24.8. The highest BCUT2D eigenvalue weighted by Gasteiger charge is 2.54. The van der Waals surface area contributed by atoms with E-state index in [-0.39, 0.29) is 5.41 Å². The summed E-state index contributed by atoms with van der Waals surface area (Å²) in [5, 5.41) is 3.42. The molecule has 20 heavy (non-hydrogen) atoms. The average Bonchev–Trinajstić information content (AvgIpc) is 3.29. The van der Waals surface area contributed by atoms with Crippen LogP contribution in [0.2, 0.25) is 0 Å². The van der Waals surface area contributed by atoms with Gasteiger partial charge in [-0.2, -0.15) is 0 Å². The molecule has 3 nitrogen and oxygen atoms in total. The first kappa shape index (κ1) is 13.6. The van der Waals surface area contributed by atoms with Crippen LogP contribution in [0.15, 0.2) is 30.3 Å². The van der Waals surface area contributed by atoms with Crippen LogP contribution in [0, 0.1) is 5.92 Å². The van der Waals surface area contributed by atoms with Crippen molar-refractivity contribution in [2.45, 2.75) is 38.1 Å². The van der Waals surface area contributed by atoms with E-state index in [0.29, 0.717) is 17.9 Å². The molecule has 0 radical (unpaired) electrons. The zero-order valence-corrected chi connectivity index (χ0v) is 12.4. The molecule has 1 saturated heterocycles. The Labute approximate surface area is 121 Å². The molecule has 2 aliphatic rings. The Hall–Kier alpha value is -1.35. The van der Waals surface area contributed by atoms with Crippen molar-refractivity contribution in [3.8, 4) is 0 Å². The molecule has 1 unspecified atom stereocenters. The minimum atomic E-state index is -0.217. The number of piperazine rings is 1. The maximum atomic E-state index is 13.1. The molecule has 1 saturated carbocycles. The Morgan fingerprint density at radius 3 is 2.60 bits per heavy atom. The van der Waals surface area contributed by atoms with E-state index in [9.17, 15) is 4.79 Å². The Bertz CT molecular complexity index is 479. The van der Waals surface area contributed by atoms with Crippen LogP contribution in [-0.4, -0.2) is 36.5 Å². The zero-order valence-electron chi connectivity index (χ0n) is 12.4. The molecule has 2 fully saturated rings. The van der Waals surface area contributed by atoms with Crippen molar-refractivity contribution in [2.75, 3.05) is 19.6 Å². The second-order valence-electron chi connectivity index (χ2n) is 6.46. The Morgan fingerprint density at radius 2 is 2.00 bits per heavy atom. The number of carbonyl (C=O) groups is 1. The van der Waals surface area contributed by atoms with E-state index < -0.39 is 0 Å². The molecule has 3 heteroatoms. The van der Waals surface area contributed by atoms with Gasteiger partial charge in [0.05, 0.1) is 5.41 Å². The van der Waals surface area contributed by atoms with E-state index in [2.05, 4.69) is 36.2 Å². The summed E-state index contributed by atoms with van der Waals surface area (Å²) in [6.45, 7) is 7.10. The molecule has 1 heterocycles. The number of hydrogen-bond donors (Lipinski definition) is 1. The van der Waals surface area contributed by atoms with Crippen molar-refractivity contribution in [1.29, 1.82) is 0 Å². The highest BCUT2D eigenvalue weighted by Crippen LogP contribution is 2.50. The highest BCUT2D eigenvalue weighted by atomic mass is 16.2. The molecule has 0 aromatic heterocycles. The van der Waals surface area contributed by atoms with Crippen LogP contribution >= 0.6 is 0 Å². The zero-order chi connectivity index (χ0) is 14.2. The van der Waals surface area contributed by atoms with E-state index in [1.807, 2.05) is 18.2 Å². The second kappa shape index (κ2) is 5.21. The summed E-state index contributed by atoms with van der Waals surface area (Å²) < 4.78 is 0. The number of nitrogens with one attached hydrogen (secondary N) is 1. The van der Waals surface area contributed by atoms with Gasteiger partial charge >= 0.3 is 0 Å². The number of rotatable bonds is 3. The number of nitrogens with zero attached hydrogens (tertiary/aromatic N) is 1. The van der Waals surface area contributed by atoms with Crippen LogP contribution in [0.4, 0.5) is 0 Å². The fourth-order valence-electron chi connectivity index (χ4n) is 3.36. The van der Waals surface area contributed by atoms with Crippen LogP contribution in [0.1, 0.15) is 32.3 Å². The summed E-state index contributed by atoms with van der Waals surface area (Å²) in [5.41, 5.74) is 0.984. The monoisotopic (exact) mass is 272 g/mol. The van der Waals surface area contributed by atoms with Crippen LogP contribution in [0.5, 0.6) is 0 Å². The predicted octanol–water partition coefficient (Wildman–Crippen LogP) is 2.17. The lowest BCUT2D eigenvalue weighted by Gasteiger charge is -2.40. The van der Waals surface area contributed by atoms with Crippen molar-refractivity contribution in [3.05, 3.63) is 35.9 Å². The van der Waals surface area contributed by atoms with Crippen molar-refractivity contribution < 1.29 is 4.79 Å². The first-order valence-electron chi connectivity index (χ1n) is 7.72. The summed E-state index contributed by atoms with van der Waals surface area (Å²) in [6, 6.07) is 10.7. The first-order valence-corrected chi connectivity index (χ1v) is 7.72. The van der Waals surface area contributed by atoms with Gasteiger partial charge < -0.3 is 10.2 Å². The third kappa shape index (κ3) is 2.24. The van der Waals surface area contributed by atoms with Crippen molar-refractivity contribution in [3.63, 3.8) is 0 Å². The maximum Gasteiger partial charge on any atom is 0.233 e. The SMILES string of the molecule is CC(C)C1CNCCN1C(=O)C1(c2ccccc2)CC1. The Kier molecular flexibility index (Phi) is 3.55. The molecule has 1 aromatic carbocycles. The molecule has 1 amide bonds. The molecule has 3 rings (SSSR count). The molecule has 1 aromatic rings. The maximum absolute atomic E-state index is 13.1. The average molecular weight is 272 g/mol. The fourth-order valence-corrected chi connectivity index (χ4v) is 3.36. The van der Waals surface area contributed by atoms with E-state index in [1.165, 1.54) is 5.56 Å². The number of hydrogen-bond acceptors (Lipinski definition) is 2. The number of carbonyl (C=O) groups excluding carboxylic acids is 1. The molecule has 0 bridgehead atoms. The summed E-state index contributed by atoms with van der Waals surface area (Å²) >= 11 is 0. The predicted molar refractivity (Wildman–Crippen MR) is 80.6 cm³/mol. The van der Waals surface area contributed by atoms with Crippen molar-refractivity contribution >= 4 is 5.91 Å². The van der Waals surface area contributed by atoms with E-state index in [0.717, 1.165) is 32.5 Å². The fraction of sp³-hybridized carbons (Fsp3) is 0.588. The van der Waals surface area contributed by atoms with Gasteiger partial charge in [-0.1, -0.05) is 44.2 Å². The molecule has 1 aliphatic carbocycles. The van der Waals surface area contributed by atoms with Crippen LogP contribution < -0.4 is 5.32 Å². The topological polar surface area (TPSA) is 32.3 Å². The minimum absolute atomic E-state index is 0.217. The second-order valence-corrected chi connectivity index (χ2v) is 6.46. The van der Waals surface area contributed by atoms with E-state index in [1.54, 1.807) is 0 Å². The van der Waals surface area contributed by atoms with E-state index in [4.69, 9.17) is 0 Å². The number of amides is 1. The number of benzene rings is 1. The third-order valence-electron chi connectivity index (χ3n) is 4.80. The summed E-state index contributed by atoms with van der Waals surface area (Å²) in [4.78, 5) is 15.2. The minimum Gasteiger partial charge on any atom is -0.336 e. The smallest absolute Gasteiger partial charge is 0.233 e. The van der Waals surface area contributed by atoms with Gasteiger partial charge in [0, 0.05) is 25.7 Å². The lowest BCUT2D eigenvalue weighted by molar-refractivity contribution is -0.138. The van der Waals surface area contributed by atoms with Crippen LogP contribution in [0.25, 0.3) is 0 Å². The molecule has 0 spiro atoms. The van der Waals surface area contributed by atoms with Crippen molar-refractivity contribution in [1.82, 2.24) is 10.2 Å². The summed E-state index contributed by atoms with van der Waals surface area (Å²) in [7, 11) is 0. The van der Waals surface area contributed by atoms with Crippen molar-refractivity contribution in [2.24, 2.45) is 5.92 Å². The van der Waals surface area contributed by atoms with Gasteiger partial charge in [-0.25, -0.2) is 0 Å². The molecular formula is C17H24N2O. The molecule has 108 valence electrons. The largest absolute Gasteiger partial charge is 0.336 e.